The molecule has 0 spiro atoms. The highest BCUT2D eigenvalue weighted by atomic mass is 32.2. The Bertz CT molecular complexity index is 1670. The summed E-state index contributed by atoms with van der Waals surface area (Å²) in [5, 5.41) is 17.0. The Hall–Kier alpha value is -4.19. The summed E-state index contributed by atoms with van der Waals surface area (Å²) in [4.78, 5) is 13.5. The van der Waals surface area contributed by atoms with Crippen LogP contribution in [0, 0.1) is 6.92 Å². The molecule has 0 radical (unpaired) electrons. The van der Waals surface area contributed by atoms with Crippen LogP contribution < -0.4 is 14.9 Å². The number of sulfonamides is 1. The topological polar surface area (TPSA) is 98.7 Å². The number of aryl methyl sites for hydroxylation is 1. The SMILES string of the molecule is Cc1ccc(C(=O)N[C@@H](Cc2ccccc2)[C@H](O)CNCc2cccc(C(F)(F)F)c2)cc1N(c1ccccc1)S(C)(=O)=O. The van der Waals surface area contributed by atoms with Crippen LogP contribution in [0.2, 0.25) is 0 Å². The van der Waals surface area contributed by atoms with Crippen LogP contribution in [-0.2, 0) is 29.2 Å². The molecule has 0 bridgehead atoms. The molecule has 0 aliphatic heterocycles. The van der Waals surface area contributed by atoms with E-state index in [0.717, 1.165) is 24.0 Å². The number of nitrogens with zero attached hydrogens (tertiary/aromatic N) is 1. The van der Waals surface area contributed by atoms with E-state index >= 15 is 0 Å². The third-order valence-corrected chi connectivity index (χ3v) is 8.10. The maximum Gasteiger partial charge on any atom is 0.416 e. The molecule has 0 fully saturated rings. The average molecular weight is 626 g/mol. The van der Waals surface area contributed by atoms with Crippen molar-refractivity contribution >= 4 is 27.3 Å². The molecule has 0 aromatic heterocycles. The number of aliphatic hydroxyl groups excluding tert-OH is 1. The Balaban J connectivity index is 1.54. The van der Waals surface area contributed by atoms with Gasteiger partial charge in [-0.25, -0.2) is 12.7 Å². The summed E-state index contributed by atoms with van der Waals surface area (Å²) in [6.07, 6.45) is -4.20. The van der Waals surface area contributed by atoms with Gasteiger partial charge in [0.25, 0.3) is 5.91 Å². The maximum atomic E-state index is 13.5. The van der Waals surface area contributed by atoms with E-state index in [1.807, 2.05) is 30.3 Å². The van der Waals surface area contributed by atoms with Gasteiger partial charge in [0.05, 0.1) is 35.3 Å². The molecule has 232 valence electrons. The molecule has 44 heavy (non-hydrogen) atoms. The molecule has 0 heterocycles. The van der Waals surface area contributed by atoms with E-state index in [1.165, 1.54) is 16.4 Å². The molecule has 0 saturated heterocycles. The molecule has 0 unspecified atom stereocenters. The average Bonchev–Trinajstić information content (AvgIpc) is 2.98. The van der Waals surface area contributed by atoms with Crippen molar-refractivity contribution in [3.8, 4) is 0 Å². The number of carbonyl (C=O) groups is 1. The summed E-state index contributed by atoms with van der Waals surface area (Å²) in [5.41, 5.74) is 2.05. The first-order valence-electron chi connectivity index (χ1n) is 13.9. The number of alkyl halides is 3. The fourth-order valence-electron chi connectivity index (χ4n) is 4.81. The number of benzene rings is 4. The summed E-state index contributed by atoms with van der Waals surface area (Å²) >= 11 is 0. The fraction of sp³-hybridized carbons (Fsp3) is 0.242. The van der Waals surface area contributed by atoms with Crippen LogP contribution in [0.15, 0.2) is 103 Å². The minimum atomic E-state index is -4.46. The van der Waals surface area contributed by atoms with Crippen molar-refractivity contribution in [2.45, 2.75) is 38.2 Å². The Morgan fingerprint density at radius 1 is 0.886 bits per heavy atom. The lowest BCUT2D eigenvalue weighted by molar-refractivity contribution is -0.137. The molecule has 3 N–H and O–H groups in total. The van der Waals surface area contributed by atoms with Crippen LogP contribution in [0.25, 0.3) is 0 Å². The van der Waals surface area contributed by atoms with Crippen LogP contribution in [0.5, 0.6) is 0 Å². The molecule has 4 aromatic carbocycles. The molecular weight excluding hydrogens is 591 g/mol. The summed E-state index contributed by atoms with van der Waals surface area (Å²) in [6.45, 7) is 1.81. The van der Waals surface area contributed by atoms with E-state index in [0.29, 0.717) is 22.5 Å². The first kappa shape index (κ1) is 32.7. The van der Waals surface area contributed by atoms with Crippen molar-refractivity contribution in [3.05, 3.63) is 131 Å². The van der Waals surface area contributed by atoms with Crippen LogP contribution in [0.1, 0.15) is 32.6 Å². The number of amides is 1. The normalized spacial score (nSPS) is 13.2. The van der Waals surface area contributed by atoms with Gasteiger partial charge in [0.15, 0.2) is 0 Å². The predicted molar refractivity (Wildman–Crippen MR) is 165 cm³/mol. The summed E-state index contributed by atoms with van der Waals surface area (Å²) in [6, 6.07) is 26.6. The number of halogens is 3. The monoisotopic (exact) mass is 625 g/mol. The van der Waals surface area contributed by atoms with Gasteiger partial charge >= 0.3 is 6.18 Å². The zero-order valence-electron chi connectivity index (χ0n) is 24.3. The highest BCUT2D eigenvalue weighted by Gasteiger charge is 2.30. The first-order chi connectivity index (χ1) is 20.8. The van der Waals surface area contributed by atoms with Crippen molar-refractivity contribution in [3.63, 3.8) is 0 Å². The van der Waals surface area contributed by atoms with E-state index in [4.69, 9.17) is 0 Å². The number of hydrogen-bond acceptors (Lipinski definition) is 5. The Labute approximate surface area is 255 Å². The molecule has 0 saturated carbocycles. The van der Waals surface area contributed by atoms with Crippen molar-refractivity contribution in [1.29, 1.82) is 0 Å². The van der Waals surface area contributed by atoms with E-state index < -0.39 is 39.8 Å². The third kappa shape index (κ3) is 8.68. The van der Waals surface area contributed by atoms with Crippen molar-refractivity contribution < 1.29 is 31.5 Å². The van der Waals surface area contributed by atoms with Crippen LogP contribution in [0.4, 0.5) is 24.5 Å². The number of hydrogen-bond donors (Lipinski definition) is 3. The van der Waals surface area contributed by atoms with E-state index in [9.17, 15) is 31.5 Å². The summed E-state index contributed by atoms with van der Waals surface area (Å²) in [7, 11) is -3.77. The van der Waals surface area contributed by atoms with Gasteiger partial charge in [0, 0.05) is 18.7 Å². The van der Waals surface area contributed by atoms with Gasteiger partial charge in [-0.15, -0.1) is 0 Å². The zero-order valence-corrected chi connectivity index (χ0v) is 25.1. The van der Waals surface area contributed by atoms with E-state index in [1.54, 1.807) is 55.5 Å². The molecule has 0 aliphatic rings. The quantitative estimate of drug-likeness (QED) is 0.190. The second-order valence-electron chi connectivity index (χ2n) is 10.5. The van der Waals surface area contributed by atoms with Crippen molar-refractivity contribution in [2.24, 2.45) is 0 Å². The fourth-order valence-corrected chi connectivity index (χ4v) is 5.87. The lowest BCUT2D eigenvalue weighted by Gasteiger charge is -2.26. The first-order valence-corrected chi connectivity index (χ1v) is 15.7. The van der Waals surface area contributed by atoms with Gasteiger partial charge in [-0.2, -0.15) is 13.2 Å². The molecular formula is C33H34F3N3O4S. The van der Waals surface area contributed by atoms with E-state index in [2.05, 4.69) is 10.6 Å². The second-order valence-corrected chi connectivity index (χ2v) is 12.4. The standard InChI is InChI=1S/C33H34F3N3O4S/c1-23-16-17-26(20-30(23)39(44(2,42)43)28-14-7-4-8-15-28)32(41)38-29(19-24-10-5-3-6-11-24)31(40)22-37-21-25-12-9-13-27(18-25)33(34,35)36/h3-18,20,29,31,37,40H,19,21-22H2,1-2H3,(H,38,41)/t29-,31+/m0/s1. The number of aliphatic hydroxyl groups is 1. The number of para-hydroxylation sites is 1. The molecule has 4 aromatic rings. The smallest absolute Gasteiger partial charge is 0.390 e. The zero-order chi connectivity index (χ0) is 31.9. The highest BCUT2D eigenvalue weighted by molar-refractivity contribution is 7.92. The van der Waals surface area contributed by atoms with Gasteiger partial charge < -0.3 is 15.7 Å². The number of nitrogens with one attached hydrogen (secondary N) is 2. The highest BCUT2D eigenvalue weighted by Crippen LogP contribution is 2.32. The predicted octanol–water partition coefficient (Wildman–Crippen LogP) is 5.60. The molecule has 7 nitrogen and oxygen atoms in total. The van der Waals surface area contributed by atoms with Gasteiger partial charge in [-0.3, -0.25) is 4.79 Å². The number of rotatable bonds is 12. The van der Waals surface area contributed by atoms with E-state index in [-0.39, 0.29) is 25.1 Å². The summed E-state index contributed by atoms with van der Waals surface area (Å²) in [5.74, 6) is -0.523. The van der Waals surface area contributed by atoms with Crippen molar-refractivity contribution in [1.82, 2.24) is 10.6 Å². The van der Waals surface area contributed by atoms with Gasteiger partial charge in [0.1, 0.15) is 0 Å². The Morgan fingerprint density at radius 2 is 1.52 bits per heavy atom. The molecule has 1 amide bonds. The molecule has 4 rings (SSSR count). The Morgan fingerprint density at radius 3 is 2.16 bits per heavy atom. The van der Waals surface area contributed by atoms with Gasteiger partial charge in [-0.1, -0.05) is 72.8 Å². The molecule has 2 atom stereocenters. The maximum absolute atomic E-state index is 13.5. The number of carbonyl (C=O) groups excluding carboxylic acids is 1. The minimum absolute atomic E-state index is 0.0109. The van der Waals surface area contributed by atoms with Gasteiger partial charge in [-0.05, 0) is 60.4 Å². The summed E-state index contributed by atoms with van der Waals surface area (Å²) < 4.78 is 66.1. The molecule has 0 aliphatic carbocycles. The lowest BCUT2D eigenvalue weighted by Crippen LogP contribution is -2.48. The van der Waals surface area contributed by atoms with Crippen molar-refractivity contribution in [2.75, 3.05) is 17.1 Å². The minimum Gasteiger partial charge on any atom is -0.390 e. The van der Waals surface area contributed by atoms with Crippen LogP contribution >= 0.6 is 0 Å². The third-order valence-electron chi connectivity index (χ3n) is 7.03. The molecule has 11 heteroatoms. The van der Waals surface area contributed by atoms with Crippen LogP contribution in [-0.4, -0.2) is 44.4 Å². The lowest BCUT2D eigenvalue weighted by atomic mass is 10.00. The Kier molecular flexibility index (Phi) is 10.5. The van der Waals surface area contributed by atoms with Gasteiger partial charge in [0.2, 0.25) is 10.0 Å². The van der Waals surface area contributed by atoms with Crippen LogP contribution in [0.3, 0.4) is 0 Å². The number of anilines is 2. The second kappa shape index (κ2) is 14.1. The largest absolute Gasteiger partial charge is 0.416 e.